The molecule has 0 bridgehead atoms. The molecule has 0 heterocycles. The largest absolute Gasteiger partial charge is 0.378 e. The molecule has 0 aliphatic carbocycles. The summed E-state index contributed by atoms with van der Waals surface area (Å²) in [5, 5.41) is 13.6. The minimum absolute atomic E-state index is 0.125. The van der Waals surface area contributed by atoms with Gasteiger partial charge in [-0.05, 0) is 29.5 Å². The summed E-state index contributed by atoms with van der Waals surface area (Å²) < 4.78 is 13.5. The summed E-state index contributed by atoms with van der Waals surface area (Å²) in [6.07, 6.45) is 0.557. The summed E-state index contributed by atoms with van der Waals surface area (Å²) in [6, 6.07) is 2.35. The average Bonchev–Trinajstić information content (AvgIpc) is 2.28. The molecule has 1 rings (SSSR count). The molecule has 0 fully saturated rings. The van der Waals surface area contributed by atoms with Gasteiger partial charge >= 0.3 is 0 Å². The van der Waals surface area contributed by atoms with Crippen molar-refractivity contribution < 1.29 is 9.31 Å². The molecule has 1 aromatic rings. The second kappa shape index (κ2) is 6.39. The number of rotatable bonds is 4. The maximum atomic E-state index is 13.3. The van der Waals surface area contributed by atoms with Gasteiger partial charge in [-0.2, -0.15) is 0 Å². The molecule has 1 N–H and O–H groups in total. The van der Waals surface area contributed by atoms with Crippen molar-refractivity contribution in [2.45, 2.75) is 13.3 Å². The lowest BCUT2D eigenvalue weighted by atomic mass is 10.2. The molecule has 4 nitrogen and oxygen atoms in total. The van der Waals surface area contributed by atoms with Crippen molar-refractivity contribution in [3.63, 3.8) is 0 Å². The van der Waals surface area contributed by atoms with Crippen LogP contribution in [-0.4, -0.2) is 11.5 Å². The van der Waals surface area contributed by atoms with Crippen LogP contribution in [0.2, 0.25) is 0 Å². The van der Waals surface area contributed by atoms with E-state index in [1.165, 1.54) is 6.07 Å². The third kappa shape index (κ3) is 3.85. The van der Waals surface area contributed by atoms with Crippen LogP contribution in [0.1, 0.15) is 13.3 Å². The standard InChI is InChI=1S/C11H10FIN2O2/c1-2-3-4-5-14-10-6-8(12)9(13)7-11(10)15(16)17/h6-7,14H,4-5H2,1H3. The van der Waals surface area contributed by atoms with Crippen LogP contribution in [0.3, 0.4) is 0 Å². The normalized spacial score (nSPS) is 9.35. The van der Waals surface area contributed by atoms with Gasteiger partial charge in [-0.3, -0.25) is 10.1 Å². The van der Waals surface area contributed by atoms with Gasteiger partial charge in [0.1, 0.15) is 11.5 Å². The highest BCUT2D eigenvalue weighted by atomic mass is 127. The predicted molar refractivity (Wildman–Crippen MR) is 72.3 cm³/mol. The van der Waals surface area contributed by atoms with Crippen molar-refractivity contribution in [3.05, 3.63) is 31.6 Å². The van der Waals surface area contributed by atoms with Gasteiger partial charge in [0.05, 0.1) is 8.49 Å². The molecule has 0 saturated heterocycles. The topological polar surface area (TPSA) is 55.2 Å². The van der Waals surface area contributed by atoms with Crippen LogP contribution in [0.4, 0.5) is 15.8 Å². The van der Waals surface area contributed by atoms with Crippen LogP contribution in [0.15, 0.2) is 12.1 Å². The minimum Gasteiger partial charge on any atom is -0.378 e. The zero-order valence-corrected chi connectivity index (χ0v) is 11.2. The monoisotopic (exact) mass is 348 g/mol. The highest BCUT2D eigenvalue weighted by molar-refractivity contribution is 14.1. The van der Waals surface area contributed by atoms with E-state index in [0.717, 1.165) is 6.07 Å². The molecule has 0 amide bonds. The number of benzene rings is 1. The second-order valence-corrected chi connectivity index (χ2v) is 4.31. The Balaban J connectivity index is 2.91. The predicted octanol–water partition coefficient (Wildman–Crippen LogP) is 3.16. The molecule has 0 aromatic heterocycles. The Morgan fingerprint density at radius 2 is 2.29 bits per heavy atom. The number of hydrogen-bond donors (Lipinski definition) is 1. The Bertz CT molecular complexity index is 494. The van der Waals surface area contributed by atoms with Crippen LogP contribution in [0.25, 0.3) is 0 Å². The lowest BCUT2D eigenvalue weighted by molar-refractivity contribution is -0.384. The van der Waals surface area contributed by atoms with E-state index in [1.807, 2.05) is 0 Å². The van der Waals surface area contributed by atoms with E-state index in [9.17, 15) is 14.5 Å². The number of hydrogen-bond acceptors (Lipinski definition) is 3. The Labute approximate surface area is 112 Å². The molecule has 0 atom stereocenters. The van der Waals surface area contributed by atoms with Crippen molar-refractivity contribution >= 4 is 34.0 Å². The lowest BCUT2D eigenvalue weighted by Gasteiger charge is -2.06. The van der Waals surface area contributed by atoms with Gasteiger partial charge in [-0.15, -0.1) is 11.8 Å². The van der Waals surface area contributed by atoms with Crippen LogP contribution in [0, 0.1) is 31.3 Å². The summed E-state index contributed by atoms with van der Waals surface area (Å²) in [5.41, 5.74) is 0.0612. The maximum absolute atomic E-state index is 13.3. The summed E-state index contributed by atoms with van der Waals surface area (Å²) in [6.45, 7) is 2.16. The van der Waals surface area contributed by atoms with Gasteiger partial charge in [-0.1, -0.05) is 0 Å². The third-order valence-corrected chi connectivity index (χ3v) is 2.80. The van der Waals surface area contributed by atoms with Gasteiger partial charge in [0.25, 0.3) is 5.69 Å². The number of nitrogens with zero attached hydrogens (tertiary/aromatic N) is 1. The molecule has 0 unspecified atom stereocenters. The second-order valence-electron chi connectivity index (χ2n) is 3.14. The van der Waals surface area contributed by atoms with Gasteiger partial charge in [0, 0.05) is 25.1 Å². The molecule has 0 radical (unpaired) electrons. The number of nitro groups is 1. The van der Waals surface area contributed by atoms with Gasteiger partial charge in [0.15, 0.2) is 0 Å². The van der Waals surface area contributed by atoms with E-state index in [4.69, 9.17) is 0 Å². The molecule has 0 saturated carbocycles. The van der Waals surface area contributed by atoms with E-state index in [0.29, 0.717) is 13.0 Å². The minimum atomic E-state index is -0.532. The third-order valence-electron chi connectivity index (χ3n) is 1.98. The number of nitro benzene ring substituents is 1. The smallest absolute Gasteiger partial charge is 0.293 e. The van der Waals surface area contributed by atoms with Crippen LogP contribution in [0.5, 0.6) is 0 Å². The van der Waals surface area contributed by atoms with E-state index in [-0.39, 0.29) is 14.9 Å². The summed E-state index contributed by atoms with van der Waals surface area (Å²) >= 11 is 1.72. The fourth-order valence-corrected chi connectivity index (χ4v) is 1.66. The van der Waals surface area contributed by atoms with Crippen molar-refractivity contribution in [2.24, 2.45) is 0 Å². The Kier molecular flexibility index (Phi) is 5.15. The van der Waals surface area contributed by atoms with Crippen molar-refractivity contribution in [1.82, 2.24) is 0 Å². The average molecular weight is 348 g/mol. The first kappa shape index (κ1) is 13.7. The quantitative estimate of drug-likeness (QED) is 0.299. The Morgan fingerprint density at radius 1 is 1.59 bits per heavy atom. The van der Waals surface area contributed by atoms with Crippen LogP contribution in [-0.2, 0) is 0 Å². The van der Waals surface area contributed by atoms with Crippen molar-refractivity contribution in [3.8, 4) is 11.8 Å². The highest BCUT2D eigenvalue weighted by Gasteiger charge is 2.16. The molecule has 1 aromatic carbocycles. The highest BCUT2D eigenvalue weighted by Crippen LogP contribution is 2.28. The maximum Gasteiger partial charge on any atom is 0.293 e. The molecule has 6 heteroatoms. The molecule has 0 aliphatic rings. The van der Waals surface area contributed by atoms with Gasteiger partial charge < -0.3 is 5.32 Å². The van der Waals surface area contributed by atoms with Gasteiger partial charge in [-0.25, -0.2) is 4.39 Å². The molecule has 0 aliphatic heterocycles. The van der Waals surface area contributed by atoms with E-state index in [2.05, 4.69) is 17.2 Å². The molecule has 17 heavy (non-hydrogen) atoms. The molecular formula is C11H10FIN2O2. The van der Waals surface area contributed by atoms with Gasteiger partial charge in [0.2, 0.25) is 0 Å². The first-order valence-corrected chi connectivity index (χ1v) is 5.91. The summed E-state index contributed by atoms with van der Waals surface area (Å²) in [5.74, 6) is 5.06. The summed E-state index contributed by atoms with van der Waals surface area (Å²) in [4.78, 5) is 10.3. The number of halogens is 2. The summed E-state index contributed by atoms with van der Waals surface area (Å²) in [7, 11) is 0. The van der Waals surface area contributed by atoms with Crippen molar-refractivity contribution in [2.75, 3.05) is 11.9 Å². The molecule has 0 spiro atoms. The first-order chi connectivity index (χ1) is 8.06. The zero-order valence-electron chi connectivity index (χ0n) is 9.09. The molecular weight excluding hydrogens is 338 g/mol. The van der Waals surface area contributed by atoms with E-state index in [1.54, 1.807) is 29.5 Å². The zero-order chi connectivity index (χ0) is 12.8. The molecule has 90 valence electrons. The fourth-order valence-electron chi connectivity index (χ4n) is 1.21. The van der Waals surface area contributed by atoms with Crippen molar-refractivity contribution in [1.29, 1.82) is 0 Å². The van der Waals surface area contributed by atoms with E-state index < -0.39 is 10.7 Å². The fraction of sp³-hybridized carbons (Fsp3) is 0.273. The van der Waals surface area contributed by atoms with E-state index >= 15 is 0 Å². The Hall–Kier alpha value is -1.36. The number of nitrogens with one attached hydrogen (secondary N) is 1. The van der Waals surface area contributed by atoms with Crippen LogP contribution >= 0.6 is 22.6 Å². The number of anilines is 1. The Morgan fingerprint density at radius 3 is 2.88 bits per heavy atom. The van der Waals surface area contributed by atoms with Crippen LogP contribution < -0.4 is 5.32 Å². The first-order valence-electron chi connectivity index (χ1n) is 4.83. The lowest BCUT2D eigenvalue weighted by Crippen LogP contribution is -2.05. The SMILES string of the molecule is CC#CCCNc1cc(F)c(I)cc1[N+](=O)[O-].